The monoisotopic (exact) mass is 497 g/mol. The standard InChI is InChI=1S/C30H31N3O4/c1-19-17-33(18-22-10-13-26(37-4)14-11-22)30(36)28(20(19)2)32-29(35)21(3)31-27(34)16-23-9-12-24-7-5-6-8-25(24)15-23/h5-15,17,21H,16,18H2,1-4H3,(H,31,34)(H,32,35)/t21-/m1/s1. The van der Waals surface area contributed by atoms with Gasteiger partial charge in [0.25, 0.3) is 5.56 Å². The van der Waals surface area contributed by atoms with Crippen molar-refractivity contribution in [2.45, 2.75) is 39.8 Å². The lowest BCUT2D eigenvalue weighted by Crippen LogP contribution is -2.43. The fourth-order valence-corrected chi connectivity index (χ4v) is 4.21. The summed E-state index contributed by atoms with van der Waals surface area (Å²) in [5.41, 5.74) is 3.27. The number of anilines is 1. The Bertz CT molecular complexity index is 1510. The van der Waals surface area contributed by atoms with Crippen molar-refractivity contribution in [2.75, 3.05) is 12.4 Å². The zero-order chi connectivity index (χ0) is 26.5. The van der Waals surface area contributed by atoms with Gasteiger partial charge in [0.15, 0.2) is 0 Å². The minimum Gasteiger partial charge on any atom is -0.497 e. The van der Waals surface area contributed by atoms with E-state index in [1.54, 1.807) is 31.7 Å². The number of benzene rings is 3. The second-order valence-corrected chi connectivity index (χ2v) is 9.23. The number of nitrogens with zero attached hydrogens (tertiary/aromatic N) is 1. The highest BCUT2D eigenvalue weighted by Gasteiger charge is 2.20. The van der Waals surface area contributed by atoms with Crippen molar-refractivity contribution in [1.29, 1.82) is 0 Å². The Kier molecular flexibility index (Phi) is 7.72. The molecule has 0 aliphatic rings. The molecular weight excluding hydrogens is 466 g/mol. The van der Waals surface area contributed by atoms with Crippen LogP contribution in [0.5, 0.6) is 5.75 Å². The third-order valence-corrected chi connectivity index (χ3v) is 6.50. The van der Waals surface area contributed by atoms with Crippen LogP contribution < -0.4 is 20.9 Å². The van der Waals surface area contributed by atoms with Gasteiger partial charge in [0.2, 0.25) is 11.8 Å². The minimum absolute atomic E-state index is 0.153. The van der Waals surface area contributed by atoms with Crippen LogP contribution >= 0.6 is 0 Å². The van der Waals surface area contributed by atoms with E-state index in [2.05, 4.69) is 10.6 Å². The van der Waals surface area contributed by atoms with Crippen LogP contribution in [0.15, 0.2) is 77.7 Å². The van der Waals surface area contributed by atoms with Crippen LogP contribution in [0.25, 0.3) is 10.8 Å². The number of amides is 2. The van der Waals surface area contributed by atoms with Crippen LogP contribution in [-0.2, 0) is 22.6 Å². The molecule has 0 saturated heterocycles. The quantitative estimate of drug-likeness (QED) is 0.379. The summed E-state index contributed by atoms with van der Waals surface area (Å²) in [5.74, 6) is 0.0188. The Morgan fingerprint density at radius 3 is 2.32 bits per heavy atom. The van der Waals surface area contributed by atoms with E-state index in [9.17, 15) is 14.4 Å². The highest BCUT2D eigenvalue weighted by Crippen LogP contribution is 2.18. The van der Waals surface area contributed by atoms with E-state index in [-0.39, 0.29) is 23.6 Å². The van der Waals surface area contributed by atoms with Crippen LogP contribution in [0.2, 0.25) is 0 Å². The van der Waals surface area contributed by atoms with Crippen molar-refractivity contribution >= 4 is 28.3 Å². The van der Waals surface area contributed by atoms with Crippen LogP contribution in [0.4, 0.5) is 5.69 Å². The highest BCUT2D eigenvalue weighted by molar-refractivity contribution is 5.97. The molecule has 4 aromatic rings. The van der Waals surface area contributed by atoms with Gasteiger partial charge in [-0.3, -0.25) is 14.4 Å². The van der Waals surface area contributed by atoms with Gasteiger partial charge in [-0.15, -0.1) is 0 Å². The molecule has 0 spiro atoms. The summed E-state index contributed by atoms with van der Waals surface area (Å²) in [6.07, 6.45) is 1.94. The Labute approximate surface area is 216 Å². The molecule has 2 amide bonds. The summed E-state index contributed by atoms with van der Waals surface area (Å²) < 4.78 is 6.77. The van der Waals surface area contributed by atoms with Crippen molar-refractivity contribution in [3.63, 3.8) is 0 Å². The van der Waals surface area contributed by atoms with Gasteiger partial charge < -0.3 is 19.9 Å². The number of hydrogen-bond acceptors (Lipinski definition) is 4. The fourth-order valence-electron chi connectivity index (χ4n) is 4.21. The number of aryl methyl sites for hydroxylation is 1. The first-order valence-electron chi connectivity index (χ1n) is 12.2. The molecule has 7 heteroatoms. The van der Waals surface area contributed by atoms with Crippen molar-refractivity contribution in [2.24, 2.45) is 0 Å². The molecule has 0 saturated carbocycles. The van der Waals surface area contributed by atoms with E-state index in [1.165, 1.54) is 0 Å². The number of ether oxygens (including phenoxy) is 1. The first-order valence-corrected chi connectivity index (χ1v) is 12.2. The molecule has 1 heterocycles. The Morgan fingerprint density at radius 2 is 1.62 bits per heavy atom. The first kappa shape index (κ1) is 25.7. The summed E-state index contributed by atoms with van der Waals surface area (Å²) in [6.45, 7) is 5.65. The number of hydrogen-bond donors (Lipinski definition) is 2. The SMILES string of the molecule is COc1ccc(Cn2cc(C)c(C)c(NC(=O)[C@@H](C)NC(=O)Cc3ccc4ccccc4c3)c2=O)cc1. The summed E-state index contributed by atoms with van der Waals surface area (Å²) in [5, 5.41) is 7.65. The fraction of sp³-hybridized carbons (Fsp3) is 0.233. The maximum Gasteiger partial charge on any atom is 0.274 e. The molecule has 0 aliphatic heterocycles. The topological polar surface area (TPSA) is 89.4 Å². The Hall–Kier alpha value is -4.39. The second-order valence-electron chi connectivity index (χ2n) is 9.23. The zero-order valence-corrected chi connectivity index (χ0v) is 21.5. The molecule has 2 N–H and O–H groups in total. The molecule has 1 aromatic heterocycles. The number of fused-ring (bicyclic) bond motifs is 1. The van der Waals surface area contributed by atoms with Crippen molar-refractivity contribution in [1.82, 2.24) is 9.88 Å². The molecular formula is C30H31N3O4. The van der Waals surface area contributed by atoms with Gasteiger partial charge in [0.05, 0.1) is 20.1 Å². The van der Waals surface area contributed by atoms with Gasteiger partial charge in [0.1, 0.15) is 17.5 Å². The van der Waals surface area contributed by atoms with Crippen molar-refractivity contribution in [3.05, 3.63) is 106 Å². The van der Waals surface area contributed by atoms with E-state index >= 15 is 0 Å². The van der Waals surface area contributed by atoms with Crippen molar-refractivity contribution in [3.8, 4) is 5.75 Å². The minimum atomic E-state index is -0.817. The molecule has 4 rings (SSSR count). The van der Waals surface area contributed by atoms with Gasteiger partial charge in [-0.2, -0.15) is 0 Å². The molecule has 1 atom stereocenters. The Morgan fingerprint density at radius 1 is 0.946 bits per heavy atom. The maximum atomic E-state index is 13.2. The number of carbonyl (C=O) groups is 2. The van der Waals surface area contributed by atoms with E-state index in [1.807, 2.05) is 73.7 Å². The van der Waals surface area contributed by atoms with Crippen LogP contribution in [-0.4, -0.2) is 29.5 Å². The van der Waals surface area contributed by atoms with E-state index in [4.69, 9.17) is 4.74 Å². The molecule has 0 radical (unpaired) electrons. The number of methoxy groups -OCH3 is 1. The van der Waals surface area contributed by atoms with Crippen LogP contribution in [0.1, 0.15) is 29.2 Å². The molecule has 0 fully saturated rings. The molecule has 0 unspecified atom stereocenters. The maximum absolute atomic E-state index is 13.2. The predicted octanol–water partition coefficient (Wildman–Crippen LogP) is 4.36. The van der Waals surface area contributed by atoms with Gasteiger partial charge in [-0.05, 0) is 65.9 Å². The summed E-state index contributed by atoms with van der Waals surface area (Å²) in [6, 6.07) is 20.5. The van der Waals surface area contributed by atoms with Gasteiger partial charge >= 0.3 is 0 Å². The smallest absolute Gasteiger partial charge is 0.274 e. The first-order chi connectivity index (χ1) is 17.7. The van der Waals surface area contributed by atoms with Crippen molar-refractivity contribution < 1.29 is 14.3 Å². The molecule has 37 heavy (non-hydrogen) atoms. The van der Waals surface area contributed by atoms with E-state index in [0.717, 1.165) is 33.2 Å². The lowest BCUT2D eigenvalue weighted by Gasteiger charge is -2.18. The third kappa shape index (κ3) is 6.06. The van der Waals surface area contributed by atoms with Crippen LogP contribution in [0.3, 0.4) is 0 Å². The van der Waals surface area contributed by atoms with Gasteiger partial charge in [0, 0.05) is 6.20 Å². The third-order valence-electron chi connectivity index (χ3n) is 6.50. The van der Waals surface area contributed by atoms with E-state index in [0.29, 0.717) is 12.1 Å². The molecule has 7 nitrogen and oxygen atoms in total. The average Bonchev–Trinajstić information content (AvgIpc) is 2.89. The highest BCUT2D eigenvalue weighted by atomic mass is 16.5. The van der Waals surface area contributed by atoms with Crippen LogP contribution in [0, 0.1) is 13.8 Å². The summed E-state index contributed by atoms with van der Waals surface area (Å²) >= 11 is 0. The zero-order valence-electron chi connectivity index (χ0n) is 21.5. The summed E-state index contributed by atoms with van der Waals surface area (Å²) in [7, 11) is 1.60. The molecule has 0 aliphatic carbocycles. The predicted molar refractivity (Wildman–Crippen MR) is 146 cm³/mol. The van der Waals surface area contributed by atoms with Gasteiger partial charge in [-0.1, -0.05) is 54.6 Å². The Balaban J connectivity index is 1.44. The number of pyridine rings is 1. The molecule has 0 bridgehead atoms. The molecule has 3 aromatic carbocycles. The normalized spacial score (nSPS) is 11.7. The second kappa shape index (κ2) is 11.1. The number of aromatic nitrogens is 1. The summed E-state index contributed by atoms with van der Waals surface area (Å²) in [4.78, 5) is 38.8. The lowest BCUT2D eigenvalue weighted by molar-refractivity contribution is -0.125. The number of carbonyl (C=O) groups excluding carboxylic acids is 2. The van der Waals surface area contributed by atoms with Gasteiger partial charge in [-0.25, -0.2) is 0 Å². The number of nitrogens with one attached hydrogen (secondary N) is 2. The number of rotatable bonds is 8. The largest absolute Gasteiger partial charge is 0.497 e. The molecule has 190 valence electrons. The average molecular weight is 498 g/mol. The lowest BCUT2D eigenvalue weighted by atomic mass is 10.0. The van der Waals surface area contributed by atoms with E-state index < -0.39 is 11.9 Å².